The molecule has 0 bridgehead atoms. The van der Waals surface area contributed by atoms with Crippen LogP contribution in [0, 0.1) is 0 Å². The molecule has 0 unspecified atom stereocenters. The van der Waals surface area contributed by atoms with Gasteiger partial charge in [-0.15, -0.1) is 0 Å². The first-order valence-corrected chi connectivity index (χ1v) is 10.3. The van der Waals surface area contributed by atoms with E-state index in [-0.39, 0.29) is 0 Å². The summed E-state index contributed by atoms with van der Waals surface area (Å²) >= 11 is 18.1. The molecule has 0 amide bonds. The maximum atomic E-state index is 6.18. The fourth-order valence-electron chi connectivity index (χ4n) is 1.81. The number of halogens is 3. The van der Waals surface area contributed by atoms with Gasteiger partial charge in [0.15, 0.2) is 0 Å². The van der Waals surface area contributed by atoms with Crippen molar-refractivity contribution in [3.05, 3.63) is 27.2 Å². The fraction of sp³-hybridized carbons (Fsp3) is 0.571. The van der Waals surface area contributed by atoms with Crippen LogP contribution in [0.1, 0.15) is 33.6 Å². The standard InChI is InChI=1S/C14H21Cl3O2Si/c1-4-7-8-18-20(5-2,6-3)19-14-10-12(16)11(15)9-13(14)17/h9-10H,4-8H2,1-3H3. The summed E-state index contributed by atoms with van der Waals surface area (Å²) in [6, 6.07) is 5.01. The van der Waals surface area contributed by atoms with Gasteiger partial charge >= 0.3 is 8.56 Å². The molecule has 0 aliphatic rings. The van der Waals surface area contributed by atoms with E-state index in [4.69, 9.17) is 43.7 Å². The molecule has 114 valence electrons. The summed E-state index contributed by atoms with van der Waals surface area (Å²) in [7, 11) is -2.28. The minimum absolute atomic E-state index is 0.427. The molecule has 0 aromatic heterocycles. The van der Waals surface area contributed by atoms with Crippen LogP contribution in [0.15, 0.2) is 12.1 Å². The van der Waals surface area contributed by atoms with Crippen molar-refractivity contribution in [3.8, 4) is 5.75 Å². The van der Waals surface area contributed by atoms with Gasteiger partial charge < -0.3 is 8.85 Å². The predicted molar refractivity (Wildman–Crippen MR) is 89.7 cm³/mol. The van der Waals surface area contributed by atoms with Crippen LogP contribution < -0.4 is 4.43 Å². The second-order valence-electron chi connectivity index (χ2n) is 4.62. The van der Waals surface area contributed by atoms with Crippen LogP contribution >= 0.6 is 34.8 Å². The molecule has 1 rings (SSSR count). The summed E-state index contributed by atoms with van der Waals surface area (Å²) < 4.78 is 12.2. The molecule has 2 nitrogen and oxygen atoms in total. The van der Waals surface area contributed by atoms with Gasteiger partial charge in [-0.2, -0.15) is 0 Å². The summed E-state index contributed by atoms with van der Waals surface area (Å²) in [6.07, 6.45) is 2.14. The van der Waals surface area contributed by atoms with E-state index in [1.807, 2.05) is 0 Å². The van der Waals surface area contributed by atoms with E-state index < -0.39 is 8.56 Å². The highest BCUT2D eigenvalue weighted by molar-refractivity contribution is 6.68. The Bertz CT molecular complexity index is 437. The van der Waals surface area contributed by atoms with Gasteiger partial charge in [-0.25, -0.2) is 0 Å². The Labute approximate surface area is 137 Å². The lowest BCUT2D eigenvalue weighted by Gasteiger charge is -2.30. The Morgan fingerprint density at radius 3 is 2.10 bits per heavy atom. The van der Waals surface area contributed by atoms with Crippen LogP contribution in [0.5, 0.6) is 5.75 Å². The molecule has 0 atom stereocenters. The third-order valence-electron chi connectivity index (χ3n) is 3.21. The first-order chi connectivity index (χ1) is 9.48. The van der Waals surface area contributed by atoms with E-state index in [0.717, 1.165) is 31.5 Å². The normalized spacial score (nSPS) is 11.7. The van der Waals surface area contributed by atoms with Gasteiger partial charge in [0.2, 0.25) is 0 Å². The van der Waals surface area contributed by atoms with Gasteiger partial charge in [0.1, 0.15) is 5.75 Å². The average molecular weight is 356 g/mol. The highest BCUT2D eigenvalue weighted by Gasteiger charge is 2.36. The number of hydrogen-bond acceptors (Lipinski definition) is 2. The van der Waals surface area contributed by atoms with Gasteiger partial charge in [-0.3, -0.25) is 0 Å². The highest BCUT2D eigenvalue weighted by atomic mass is 35.5. The Hall–Kier alpha value is 0.0669. The number of benzene rings is 1. The Balaban J connectivity index is 2.92. The topological polar surface area (TPSA) is 18.5 Å². The molecule has 0 radical (unpaired) electrons. The van der Waals surface area contributed by atoms with Crippen molar-refractivity contribution in [2.75, 3.05) is 6.61 Å². The molecule has 0 N–H and O–H groups in total. The molecule has 0 fully saturated rings. The van der Waals surface area contributed by atoms with Crippen molar-refractivity contribution < 1.29 is 8.85 Å². The summed E-state index contributed by atoms with van der Waals surface area (Å²) in [5, 5.41) is 1.34. The summed E-state index contributed by atoms with van der Waals surface area (Å²) in [5.41, 5.74) is 0. The second-order valence-corrected chi connectivity index (χ2v) is 9.57. The van der Waals surface area contributed by atoms with Gasteiger partial charge in [0, 0.05) is 12.7 Å². The summed E-state index contributed by atoms with van der Waals surface area (Å²) in [5.74, 6) is 0.563. The van der Waals surface area contributed by atoms with Crippen LogP contribution in [-0.2, 0) is 4.43 Å². The lowest BCUT2D eigenvalue weighted by molar-refractivity contribution is 0.233. The van der Waals surface area contributed by atoms with Crippen molar-refractivity contribution in [1.82, 2.24) is 0 Å². The van der Waals surface area contributed by atoms with Crippen molar-refractivity contribution in [2.45, 2.75) is 45.7 Å². The maximum absolute atomic E-state index is 6.18. The minimum Gasteiger partial charge on any atom is -0.519 e. The highest BCUT2D eigenvalue weighted by Crippen LogP contribution is 2.36. The van der Waals surface area contributed by atoms with Crippen molar-refractivity contribution in [2.24, 2.45) is 0 Å². The average Bonchev–Trinajstić information content (AvgIpc) is 2.43. The maximum Gasteiger partial charge on any atom is 0.398 e. The fourth-order valence-corrected chi connectivity index (χ4v) is 4.80. The SMILES string of the molecule is CCCCO[Si](CC)(CC)Oc1cc(Cl)c(Cl)cc1Cl. The molecule has 0 aliphatic carbocycles. The van der Waals surface area contributed by atoms with Crippen LogP contribution in [-0.4, -0.2) is 15.2 Å². The van der Waals surface area contributed by atoms with Crippen LogP contribution in [0.25, 0.3) is 0 Å². The molecule has 1 aromatic carbocycles. The molecule has 0 spiro atoms. The van der Waals surface area contributed by atoms with E-state index in [0.29, 0.717) is 20.8 Å². The molecule has 0 saturated carbocycles. The molecule has 1 aromatic rings. The first kappa shape index (κ1) is 18.1. The second kappa shape index (κ2) is 8.50. The van der Waals surface area contributed by atoms with E-state index in [1.165, 1.54) is 0 Å². The number of hydrogen-bond donors (Lipinski definition) is 0. The smallest absolute Gasteiger partial charge is 0.398 e. The molecular weight excluding hydrogens is 335 g/mol. The zero-order valence-electron chi connectivity index (χ0n) is 12.1. The van der Waals surface area contributed by atoms with Gasteiger partial charge in [0.25, 0.3) is 0 Å². The Kier molecular flexibility index (Phi) is 7.70. The van der Waals surface area contributed by atoms with Gasteiger partial charge in [-0.05, 0) is 24.6 Å². The van der Waals surface area contributed by atoms with E-state index >= 15 is 0 Å². The van der Waals surface area contributed by atoms with Crippen LogP contribution in [0.2, 0.25) is 27.2 Å². The van der Waals surface area contributed by atoms with E-state index in [2.05, 4.69) is 20.8 Å². The third-order valence-corrected chi connectivity index (χ3v) is 7.71. The number of rotatable bonds is 8. The quantitative estimate of drug-likeness (QED) is 0.308. The Morgan fingerprint density at radius 2 is 1.55 bits per heavy atom. The van der Waals surface area contributed by atoms with Crippen LogP contribution in [0.4, 0.5) is 0 Å². The third kappa shape index (κ3) is 4.81. The lowest BCUT2D eigenvalue weighted by Crippen LogP contribution is -2.44. The van der Waals surface area contributed by atoms with Gasteiger partial charge in [-0.1, -0.05) is 62.0 Å². The number of unbranched alkanes of at least 4 members (excludes halogenated alkanes) is 1. The molecular formula is C14H21Cl3O2Si. The largest absolute Gasteiger partial charge is 0.519 e. The molecule has 0 aliphatic heterocycles. The Morgan fingerprint density at radius 1 is 0.950 bits per heavy atom. The monoisotopic (exact) mass is 354 g/mol. The minimum atomic E-state index is -2.28. The van der Waals surface area contributed by atoms with E-state index in [1.54, 1.807) is 12.1 Å². The van der Waals surface area contributed by atoms with Gasteiger partial charge in [0.05, 0.1) is 15.1 Å². The van der Waals surface area contributed by atoms with E-state index in [9.17, 15) is 0 Å². The van der Waals surface area contributed by atoms with Crippen LogP contribution in [0.3, 0.4) is 0 Å². The molecule has 0 saturated heterocycles. The van der Waals surface area contributed by atoms with Crippen molar-refractivity contribution >= 4 is 43.4 Å². The van der Waals surface area contributed by atoms with Crippen molar-refractivity contribution in [3.63, 3.8) is 0 Å². The summed E-state index contributed by atoms with van der Waals surface area (Å²) in [4.78, 5) is 0. The zero-order valence-corrected chi connectivity index (χ0v) is 15.4. The molecule has 20 heavy (non-hydrogen) atoms. The lowest BCUT2D eigenvalue weighted by atomic mass is 10.3. The zero-order chi connectivity index (χ0) is 15.2. The first-order valence-electron chi connectivity index (χ1n) is 6.95. The molecule has 6 heteroatoms. The predicted octanol–water partition coefficient (Wildman–Crippen LogP) is 6.32. The van der Waals surface area contributed by atoms with Crippen molar-refractivity contribution in [1.29, 1.82) is 0 Å². The molecule has 0 heterocycles. The summed E-state index contributed by atoms with van der Waals surface area (Å²) in [6.45, 7) is 7.05.